The van der Waals surface area contributed by atoms with Crippen molar-refractivity contribution < 1.29 is 4.74 Å². The molecule has 1 N–H and O–H groups in total. The number of halogens is 1. The third-order valence-electron chi connectivity index (χ3n) is 2.50. The first-order valence-corrected chi connectivity index (χ1v) is 5.54. The number of ether oxygens (including phenoxy) is 1. The van der Waals surface area contributed by atoms with Crippen molar-refractivity contribution in [2.45, 2.75) is 19.0 Å². The summed E-state index contributed by atoms with van der Waals surface area (Å²) in [5.74, 6) is 0. The number of aryl methyl sites for hydroxylation is 1. The van der Waals surface area contributed by atoms with Crippen LogP contribution in [0, 0.1) is 0 Å². The van der Waals surface area contributed by atoms with E-state index in [-0.39, 0.29) is 0 Å². The van der Waals surface area contributed by atoms with Crippen molar-refractivity contribution in [2.75, 3.05) is 13.2 Å². The lowest BCUT2D eigenvalue weighted by Crippen LogP contribution is -2.29. The maximum atomic E-state index is 5.29. The van der Waals surface area contributed by atoms with E-state index in [2.05, 4.69) is 26.3 Å². The van der Waals surface area contributed by atoms with Gasteiger partial charge in [0.05, 0.1) is 23.0 Å². The zero-order chi connectivity index (χ0) is 9.97. The highest BCUT2D eigenvalue weighted by atomic mass is 79.9. The summed E-state index contributed by atoms with van der Waals surface area (Å²) in [6.07, 6.45) is 2.93. The summed E-state index contributed by atoms with van der Waals surface area (Å²) in [4.78, 5) is 0. The van der Waals surface area contributed by atoms with E-state index in [0.29, 0.717) is 6.04 Å². The van der Waals surface area contributed by atoms with Crippen LogP contribution in [0.25, 0.3) is 0 Å². The molecule has 2 heterocycles. The Hall–Kier alpha value is -0.390. The van der Waals surface area contributed by atoms with Gasteiger partial charge < -0.3 is 10.1 Å². The molecule has 2 rings (SSSR count). The summed E-state index contributed by atoms with van der Waals surface area (Å²) < 4.78 is 8.23. The Morgan fingerprint density at radius 2 is 2.64 bits per heavy atom. The topological polar surface area (TPSA) is 39.1 Å². The summed E-state index contributed by atoms with van der Waals surface area (Å²) in [6.45, 7) is 2.55. The second kappa shape index (κ2) is 4.42. The summed E-state index contributed by atoms with van der Waals surface area (Å²) in [5.41, 5.74) is 1.18. The van der Waals surface area contributed by atoms with Crippen LogP contribution in [-0.4, -0.2) is 29.0 Å². The normalized spacial score (nSPS) is 21.7. The maximum Gasteiger partial charge on any atom is 0.0660 e. The molecule has 0 bridgehead atoms. The van der Waals surface area contributed by atoms with E-state index in [9.17, 15) is 0 Å². The van der Waals surface area contributed by atoms with Crippen LogP contribution < -0.4 is 5.32 Å². The van der Waals surface area contributed by atoms with Crippen molar-refractivity contribution >= 4 is 15.9 Å². The molecule has 0 aliphatic carbocycles. The second-order valence-corrected chi connectivity index (χ2v) is 4.36. The third-order valence-corrected chi connectivity index (χ3v) is 3.16. The Balaban J connectivity index is 1.90. The predicted octanol–water partition coefficient (Wildman–Crippen LogP) is 1.06. The molecular formula is C9H14BrN3O. The fourth-order valence-electron chi connectivity index (χ4n) is 1.57. The molecule has 5 heteroatoms. The van der Waals surface area contributed by atoms with Gasteiger partial charge in [-0.2, -0.15) is 5.10 Å². The van der Waals surface area contributed by atoms with Gasteiger partial charge in [0.15, 0.2) is 0 Å². The number of nitrogens with zero attached hydrogens (tertiary/aromatic N) is 2. The second-order valence-electron chi connectivity index (χ2n) is 3.50. The summed E-state index contributed by atoms with van der Waals surface area (Å²) in [7, 11) is 1.95. The molecule has 1 unspecified atom stereocenters. The first kappa shape index (κ1) is 10.1. The Morgan fingerprint density at radius 1 is 1.79 bits per heavy atom. The maximum absolute atomic E-state index is 5.29. The van der Waals surface area contributed by atoms with Crippen LogP contribution in [0.4, 0.5) is 0 Å². The smallest absolute Gasteiger partial charge is 0.0660 e. The van der Waals surface area contributed by atoms with E-state index in [1.165, 1.54) is 5.69 Å². The standard InChI is InChI=1S/C9H14BrN3O/c1-13-9(8(10)4-12-13)5-11-7-2-3-14-6-7/h4,7,11H,2-3,5-6H2,1H3. The number of aromatic nitrogens is 2. The highest BCUT2D eigenvalue weighted by molar-refractivity contribution is 9.10. The number of hydrogen-bond donors (Lipinski definition) is 1. The van der Waals surface area contributed by atoms with Gasteiger partial charge in [-0.1, -0.05) is 0 Å². The van der Waals surface area contributed by atoms with Gasteiger partial charge in [-0.15, -0.1) is 0 Å². The molecule has 0 spiro atoms. The number of rotatable bonds is 3. The first-order valence-electron chi connectivity index (χ1n) is 4.75. The summed E-state index contributed by atoms with van der Waals surface area (Å²) >= 11 is 3.47. The zero-order valence-corrected chi connectivity index (χ0v) is 9.75. The van der Waals surface area contributed by atoms with Crippen LogP contribution in [0.15, 0.2) is 10.7 Å². The van der Waals surface area contributed by atoms with Crippen LogP contribution in [-0.2, 0) is 18.3 Å². The zero-order valence-electron chi connectivity index (χ0n) is 8.16. The quantitative estimate of drug-likeness (QED) is 0.883. The van der Waals surface area contributed by atoms with E-state index in [4.69, 9.17) is 4.74 Å². The van der Waals surface area contributed by atoms with E-state index in [1.54, 1.807) is 0 Å². The molecule has 1 aliphatic rings. The van der Waals surface area contributed by atoms with E-state index in [1.807, 2.05) is 17.9 Å². The molecule has 4 nitrogen and oxygen atoms in total. The average molecular weight is 260 g/mol. The molecule has 1 atom stereocenters. The molecule has 0 aromatic carbocycles. The number of hydrogen-bond acceptors (Lipinski definition) is 3. The van der Waals surface area contributed by atoms with Gasteiger partial charge in [-0.05, 0) is 22.4 Å². The Kier molecular flexibility index (Phi) is 3.20. The molecule has 0 amide bonds. The van der Waals surface area contributed by atoms with Crippen LogP contribution in [0.2, 0.25) is 0 Å². The minimum Gasteiger partial charge on any atom is -0.380 e. The summed E-state index contributed by atoms with van der Waals surface area (Å²) in [5, 5.41) is 7.61. The van der Waals surface area contributed by atoms with Crippen LogP contribution in [0.5, 0.6) is 0 Å². The van der Waals surface area contributed by atoms with E-state index >= 15 is 0 Å². The lowest BCUT2D eigenvalue weighted by molar-refractivity contribution is 0.189. The van der Waals surface area contributed by atoms with Crippen molar-refractivity contribution in [2.24, 2.45) is 7.05 Å². The Morgan fingerprint density at radius 3 is 3.21 bits per heavy atom. The predicted molar refractivity (Wildman–Crippen MR) is 57.0 cm³/mol. The molecule has 78 valence electrons. The molecule has 1 aromatic rings. The highest BCUT2D eigenvalue weighted by Gasteiger charge is 2.15. The Bertz CT molecular complexity index is 288. The molecule has 1 fully saturated rings. The lowest BCUT2D eigenvalue weighted by Gasteiger charge is -2.10. The molecule has 14 heavy (non-hydrogen) atoms. The highest BCUT2D eigenvalue weighted by Crippen LogP contribution is 2.15. The number of nitrogens with one attached hydrogen (secondary N) is 1. The molecule has 1 aliphatic heterocycles. The van der Waals surface area contributed by atoms with E-state index < -0.39 is 0 Å². The third kappa shape index (κ3) is 2.16. The average Bonchev–Trinajstić information content (AvgIpc) is 2.76. The minimum absolute atomic E-state index is 0.497. The summed E-state index contributed by atoms with van der Waals surface area (Å²) in [6, 6.07) is 0.497. The monoisotopic (exact) mass is 259 g/mol. The molecule has 1 saturated heterocycles. The van der Waals surface area contributed by atoms with Crippen molar-refractivity contribution in [3.05, 3.63) is 16.4 Å². The van der Waals surface area contributed by atoms with Gasteiger partial charge in [-0.25, -0.2) is 0 Å². The van der Waals surface area contributed by atoms with E-state index in [0.717, 1.165) is 30.7 Å². The van der Waals surface area contributed by atoms with Crippen molar-refractivity contribution in [3.8, 4) is 0 Å². The lowest BCUT2D eigenvalue weighted by atomic mass is 10.2. The van der Waals surface area contributed by atoms with Gasteiger partial charge in [0.1, 0.15) is 0 Å². The largest absolute Gasteiger partial charge is 0.380 e. The van der Waals surface area contributed by atoms with Crippen LogP contribution >= 0.6 is 15.9 Å². The first-order chi connectivity index (χ1) is 6.77. The Labute approximate surface area is 91.8 Å². The van der Waals surface area contributed by atoms with Gasteiger partial charge in [0.25, 0.3) is 0 Å². The van der Waals surface area contributed by atoms with Crippen molar-refractivity contribution in [1.82, 2.24) is 15.1 Å². The van der Waals surface area contributed by atoms with Crippen molar-refractivity contribution in [3.63, 3.8) is 0 Å². The molecule has 0 radical (unpaired) electrons. The minimum atomic E-state index is 0.497. The van der Waals surface area contributed by atoms with Gasteiger partial charge in [-0.3, -0.25) is 4.68 Å². The van der Waals surface area contributed by atoms with Crippen molar-refractivity contribution in [1.29, 1.82) is 0 Å². The van der Waals surface area contributed by atoms with Gasteiger partial charge in [0, 0.05) is 26.2 Å². The van der Waals surface area contributed by atoms with Crippen LogP contribution in [0.1, 0.15) is 12.1 Å². The fourth-order valence-corrected chi connectivity index (χ4v) is 2.06. The van der Waals surface area contributed by atoms with Gasteiger partial charge >= 0.3 is 0 Å². The molecular weight excluding hydrogens is 246 g/mol. The van der Waals surface area contributed by atoms with Gasteiger partial charge in [0.2, 0.25) is 0 Å². The van der Waals surface area contributed by atoms with Crippen LogP contribution in [0.3, 0.4) is 0 Å². The molecule has 1 aromatic heterocycles. The molecule has 0 saturated carbocycles. The fraction of sp³-hybridized carbons (Fsp3) is 0.667. The SMILES string of the molecule is Cn1ncc(Br)c1CNC1CCOC1.